The Bertz CT molecular complexity index is 655. The monoisotopic (exact) mass is 375 g/mol. The number of halogens is 1. The number of rotatable bonds is 3. The Morgan fingerprint density at radius 3 is 2.52 bits per heavy atom. The van der Waals surface area contributed by atoms with Crippen molar-refractivity contribution in [1.29, 1.82) is 0 Å². The maximum Gasteiger partial charge on any atom is 0.238 e. The number of carbonyl (C=O) groups is 1. The molecule has 0 radical (unpaired) electrons. The first-order valence-corrected chi connectivity index (χ1v) is 8.91. The van der Waals surface area contributed by atoms with Crippen molar-refractivity contribution in [3.63, 3.8) is 0 Å². The molecule has 0 bridgehead atoms. The Labute approximate surface area is 132 Å². The van der Waals surface area contributed by atoms with E-state index in [1.54, 1.807) is 0 Å². The molecule has 1 aromatic rings. The van der Waals surface area contributed by atoms with Crippen LogP contribution in [0.2, 0.25) is 0 Å². The molecule has 0 atom stereocenters. The molecule has 1 heterocycles. The predicted octanol–water partition coefficient (Wildman–Crippen LogP) is 1.42. The van der Waals surface area contributed by atoms with Crippen molar-refractivity contribution in [3.8, 4) is 0 Å². The van der Waals surface area contributed by atoms with Gasteiger partial charge in [-0.2, -0.15) is 0 Å². The molecule has 0 aromatic heterocycles. The molecule has 1 fully saturated rings. The highest BCUT2D eigenvalue weighted by Crippen LogP contribution is 2.32. The average molecular weight is 376 g/mol. The first kappa shape index (κ1) is 16.4. The van der Waals surface area contributed by atoms with Crippen molar-refractivity contribution in [2.24, 2.45) is 10.6 Å². The summed E-state index contributed by atoms with van der Waals surface area (Å²) in [6.45, 7) is 3.57. The van der Waals surface area contributed by atoms with E-state index in [1.165, 1.54) is 18.2 Å². The van der Waals surface area contributed by atoms with Crippen LogP contribution in [0.4, 0.5) is 5.69 Å². The van der Waals surface area contributed by atoms with Gasteiger partial charge in [0, 0.05) is 9.89 Å². The van der Waals surface area contributed by atoms with Gasteiger partial charge in [-0.05, 0) is 60.1 Å². The van der Waals surface area contributed by atoms with Crippen LogP contribution in [0.3, 0.4) is 0 Å². The Hall–Kier alpha value is -0.960. The number of carbonyl (C=O) groups excluding carboxylic acids is 1. The summed E-state index contributed by atoms with van der Waals surface area (Å²) in [5.74, 6) is -0.0620. The molecule has 8 heteroatoms. The lowest BCUT2D eigenvalue weighted by Gasteiger charge is -2.32. The Morgan fingerprint density at radius 2 is 2.00 bits per heavy atom. The summed E-state index contributed by atoms with van der Waals surface area (Å²) in [5, 5.41) is 11.1. The van der Waals surface area contributed by atoms with Crippen LogP contribution in [0.1, 0.15) is 19.8 Å². The highest BCUT2D eigenvalue weighted by molar-refractivity contribution is 9.10. The summed E-state index contributed by atoms with van der Waals surface area (Å²) in [5.41, 5.74) is 0.121. The molecule has 116 valence electrons. The topological polar surface area (TPSA) is 101 Å². The predicted molar refractivity (Wildman–Crippen MR) is 84.4 cm³/mol. The summed E-state index contributed by atoms with van der Waals surface area (Å²) in [6.07, 6.45) is 1.54. The van der Waals surface area contributed by atoms with Crippen molar-refractivity contribution < 1.29 is 13.2 Å². The zero-order chi connectivity index (χ0) is 15.7. The molecule has 0 aliphatic carbocycles. The average Bonchev–Trinajstić information content (AvgIpc) is 2.40. The summed E-state index contributed by atoms with van der Waals surface area (Å²) >= 11 is 3.26. The van der Waals surface area contributed by atoms with E-state index in [2.05, 4.69) is 26.6 Å². The standard InChI is InChI=1S/C13H18BrN3O3S/c1-13(4-6-16-7-5-13)12(18)17-11-3-2-9(8-10(11)14)21(15,19)20/h2-3,8,16H,4-7H2,1H3,(H,17,18)(H2,15,19,20). The number of hydrogen-bond donors (Lipinski definition) is 3. The van der Waals surface area contributed by atoms with Crippen molar-refractivity contribution in [2.45, 2.75) is 24.7 Å². The fourth-order valence-corrected chi connectivity index (χ4v) is 3.42. The minimum atomic E-state index is -3.75. The van der Waals surface area contributed by atoms with Gasteiger partial charge in [-0.15, -0.1) is 0 Å². The lowest BCUT2D eigenvalue weighted by molar-refractivity contribution is -0.126. The van der Waals surface area contributed by atoms with E-state index >= 15 is 0 Å². The van der Waals surface area contributed by atoms with Gasteiger partial charge in [-0.3, -0.25) is 4.79 Å². The summed E-state index contributed by atoms with van der Waals surface area (Å²) < 4.78 is 23.0. The molecule has 1 saturated heterocycles. The van der Waals surface area contributed by atoms with E-state index in [0.717, 1.165) is 25.9 Å². The van der Waals surface area contributed by atoms with Gasteiger partial charge in [0.1, 0.15) is 0 Å². The van der Waals surface area contributed by atoms with E-state index in [9.17, 15) is 13.2 Å². The highest BCUT2D eigenvalue weighted by atomic mass is 79.9. The fourth-order valence-electron chi connectivity index (χ4n) is 2.25. The second kappa shape index (κ2) is 6.04. The van der Waals surface area contributed by atoms with Gasteiger partial charge in [-0.1, -0.05) is 6.92 Å². The van der Waals surface area contributed by atoms with Gasteiger partial charge in [0.25, 0.3) is 0 Å². The first-order valence-electron chi connectivity index (χ1n) is 6.57. The summed E-state index contributed by atoms with van der Waals surface area (Å²) in [7, 11) is -3.75. The normalized spacial score (nSPS) is 18.2. The number of sulfonamides is 1. The van der Waals surface area contributed by atoms with Crippen molar-refractivity contribution in [1.82, 2.24) is 5.32 Å². The minimum absolute atomic E-state index is 0.000419. The maximum atomic E-state index is 12.4. The van der Waals surface area contributed by atoms with Crippen molar-refractivity contribution in [2.75, 3.05) is 18.4 Å². The van der Waals surface area contributed by atoms with Crippen LogP contribution < -0.4 is 15.8 Å². The molecular weight excluding hydrogens is 358 g/mol. The molecule has 1 amide bonds. The fraction of sp³-hybridized carbons (Fsp3) is 0.462. The van der Waals surface area contributed by atoms with Crippen LogP contribution in [0.5, 0.6) is 0 Å². The second-order valence-electron chi connectivity index (χ2n) is 5.45. The highest BCUT2D eigenvalue weighted by Gasteiger charge is 2.34. The van der Waals surface area contributed by atoms with Gasteiger partial charge in [0.15, 0.2) is 0 Å². The molecule has 1 aliphatic heterocycles. The third-order valence-corrected chi connectivity index (χ3v) is 5.34. The molecule has 1 aliphatic rings. The number of anilines is 1. The molecule has 2 rings (SSSR count). The number of hydrogen-bond acceptors (Lipinski definition) is 4. The van der Waals surface area contributed by atoms with E-state index in [-0.39, 0.29) is 10.8 Å². The number of benzene rings is 1. The van der Waals surface area contributed by atoms with Crippen LogP contribution in [0.25, 0.3) is 0 Å². The Kier molecular flexibility index (Phi) is 4.72. The van der Waals surface area contributed by atoms with Crippen LogP contribution in [0, 0.1) is 5.41 Å². The molecule has 0 spiro atoms. The third-order valence-electron chi connectivity index (χ3n) is 3.77. The SMILES string of the molecule is CC1(C(=O)Nc2ccc(S(N)(=O)=O)cc2Br)CCNCC1. The van der Waals surface area contributed by atoms with Gasteiger partial charge < -0.3 is 10.6 Å². The summed E-state index contributed by atoms with van der Waals surface area (Å²) in [6, 6.07) is 4.29. The summed E-state index contributed by atoms with van der Waals surface area (Å²) in [4.78, 5) is 12.4. The molecule has 6 nitrogen and oxygen atoms in total. The zero-order valence-corrected chi connectivity index (χ0v) is 14.1. The van der Waals surface area contributed by atoms with Gasteiger partial charge in [0.05, 0.1) is 10.6 Å². The van der Waals surface area contributed by atoms with Crippen molar-refractivity contribution in [3.05, 3.63) is 22.7 Å². The first-order chi connectivity index (χ1) is 9.72. The lowest BCUT2D eigenvalue weighted by atomic mass is 9.80. The van der Waals surface area contributed by atoms with Crippen molar-refractivity contribution >= 4 is 37.5 Å². The van der Waals surface area contributed by atoms with Crippen LogP contribution >= 0.6 is 15.9 Å². The Morgan fingerprint density at radius 1 is 1.38 bits per heavy atom. The maximum absolute atomic E-state index is 12.4. The van der Waals surface area contributed by atoms with E-state index in [0.29, 0.717) is 10.2 Å². The van der Waals surface area contributed by atoms with E-state index in [1.807, 2.05) is 6.92 Å². The number of nitrogens with one attached hydrogen (secondary N) is 2. The van der Waals surface area contributed by atoms with Gasteiger partial charge in [0.2, 0.25) is 15.9 Å². The number of piperidine rings is 1. The van der Waals surface area contributed by atoms with Gasteiger partial charge in [-0.25, -0.2) is 13.6 Å². The second-order valence-corrected chi connectivity index (χ2v) is 7.87. The molecule has 21 heavy (non-hydrogen) atoms. The van der Waals surface area contributed by atoms with Crippen LogP contribution in [-0.2, 0) is 14.8 Å². The molecule has 0 unspecified atom stereocenters. The molecule has 0 saturated carbocycles. The Balaban J connectivity index is 2.18. The molecule has 1 aromatic carbocycles. The largest absolute Gasteiger partial charge is 0.325 e. The van der Waals surface area contributed by atoms with Crippen LogP contribution in [-0.4, -0.2) is 27.4 Å². The van der Waals surface area contributed by atoms with E-state index < -0.39 is 15.4 Å². The van der Waals surface area contributed by atoms with Gasteiger partial charge >= 0.3 is 0 Å². The number of amides is 1. The zero-order valence-electron chi connectivity index (χ0n) is 11.6. The molecular formula is C13H18BrN3O3S. The lowest BCUT2D eigenvalue weighted by Crippen LogP contribution is -2.42. The number of nitrogens with two attached hydrogens (primary N) is 1. The molecule has 4 N–H and O–H groups in total. The number of primary sulfonamides is 1. The van der Waals surface area contributed by atoms with E-state index in [4.69, 9.17) is 5.14 Å². The quantitative estimate of drug-likeness (QED) is 0.743. The smallest absolute Gasteiger partial charge is 0.238 e. The third kappa shape index (κ3) is 3.82. The minimum Gasteiger partial charge on any atom is -0.325 e. The van der Waals surface area contributed by atoms with Crippen LogP contribution in [0.15, 0.2) is 27.6 Å².